The van der Waals surface area contributed by atoms with Crippen LogP contribution < -0.4 is 5.32 Å². The van der Waals surface area contributed by atoms with E-state index in [1.165, 1.54) is 11.3 Å². The Labute approximate surface area is 131 Å². The lowest BCUT2D eigenvalue weighted by Crippen LogP contribution is -2.14. The van der Waals surface area contributed by atoms with E-state index in [2.05, 4.69) is 15.5 Å². The Hall–Kier alpha value is -1.44. The Kier molecular flexibility index (Phi) is 4.84. The molecule has 0 aliphatic carbocycles. The normalized spacial score (nSPS) is 17.8. The molecule has 1 atom stereocenters. The minimum Gasteiger partial charge on any atom is -0.377 e. The van der Waals surface area contributed by atoms with Gasteiger partial charge in [-0.25, -0.2) is 0 Å². The van der Waals surface area contributed by atoms with Gasteiger partial charge in [-0.15, -0.1) is 22.0 Å². The average Bonchev–Trinajstić information content (AvgIpc) is 3.18. The molecule has 7 heteroatoms. The molecule has 1 amide bonds. The standard InChI is InChI=1S/C14H15N3O2S2/c18-13(16-14-17-15-9-21-14)11-5-1-2-6-12(11)20-8-10-4-3-7-19-10/h1-2,5-6,9-10H,3-4,7-8H2,(H,16,17,18)/t10-/m1/s1. The van der Waals surface area contributed by atoms with Crippen molar-refractivity contribution >= 4 is 34.1 Å². The van der Waals surface area contributed by atoms with E-state index in [4.69, 9.17) is 4.74 Å². The van der Waals surface area contributed by atoms with Gasteiger partial charge in [-0.05, 0) is 25.0 Å². The fourth-order valence-electron chi connectivity index (χ4n) is 2.13. The van der Waals surface area contributed by atoms with Gasteiger partial charge in [0.15, 0.2) is 0 Å². The summed E-state index contributed by atoms with van der Waals surface area (Å²) >= 11 is 2.97. The number of benzene rings is 1. The van der Waals surface area contributed by atoms with E-state index in [0.29, 0.717) is 16.8 Å². The number of nitrogens with one attached hydrogen (secondary N) is 1. The first kappa shape index (κ1) is 14.5. The Morgan fingerprint density at radius 2 is 2.38 bits per heavy atom. The summed E-state index contributed by atoms with van der Waals surface area (Å²) in [5.74, 6) is 0.727. The van der Waals surface area contributed by atoms with Gasteiger partial charge in [0.25, 0.3) is 5.91 Å². The highest BCUT2D eigenvalue weighted by Gasteiger charge is 2.18. The van der Waals surface area contributed by atoms with Crippen molar-refractivity contribution in [3.8, 4) is 0 Å². The van der Waals surface area contributed by atoms with Crippen molar-refractivity contribution < 1.29 is 9.53 Å². The highest BCUT2D eigenvalue weighted by atomic mass is 32.2. The summed E-state index contributed by atoms with van der Waals surface area (Å²) in [6.07, 6.45) is 2.53. The maximum absolute atomic E-state index is 12.3. The molecule has 1 saturated heterocycles. The van der Waals surface area contributed by atoms with Crippen molar-refractivity contribution in [1.29, 1.82) is 0 Å². The quantitative estimate of drug-likeness (QED) is 0.858. The second-order valence-electron chi connectivity index (χ2n) is 4.64. The third-order valence-corrected chi connectivity index (χ3v) is 4.97. The second-order valence-corrected chi connectivity index (χ2v) is 6.54. The predicted octanol–water partition coefficient (Wildman–Crippen LogP) is 3.06. The molecule has 1 aliphatic rings. The first-order valence-electron chi connectivity index (χ1n) is 6.74. The Balaban J connectivity index is 1.67. The Morgan fingerprint density at radius 3 is 3.14 bits per heavy atom. The topological polar surface area (TPSA) is 64.1 Å². The van der Waals surface area contributed by atoms with E-state index in [1.54, 1.807) is 17.3 Å². The van der Waals surface area contributed by atoms with Crippen LogP contribution in [-0.4, -0.2) is 34.6 Å². The molecular formula is C14H15N3O2S2. The number of carbonyl (C=O) groups excluding carboxylic acids is 1. The average molecular weight is 321 g/mol. The highest BCUT2D eigenvalue weighted by Crippen LogP contribution is 2.27. The van der Waals surface area contributed by atoms with Crippen LogP contribution >= 0.6 is 23.1 Å². The van der Waals surface area contributed by atoms with Crippen LogP contribution in [0.25, 0.3) is 0 Å². The van der Waals surface area contributed by atoms with Crippen molar-refractivity contribution in [2.75, 3.05) is 17.7 Å². The molecule has 0 bridgehead atoms. The molecular weight excluding hydrogens is 306 g/mol. The van der Waals surface area contributed by atoms with Crippen LogP contribution in [0, 0.1) is 0 Å². The lowest BCUT2D eigenvalue weighted by molar-refractivity contribution is 0.102. The summed E-state index contributed by atoms with van der Waals surface area (Å²) in [5.41, 5.74) is 2.25. The van der Waals surface area contributed by atoms with Crippen LogP contribution in [0.4, 0.5) is 5.13 Å². The zero-order chi connectivity index (χ0) is 14.5. The second kappa shape index (κ2) is 7.02. The molecule has 110 valence electrons. The van der Waals surface area contributed by atoms with Crippen molar-refractivity contribution in [1.82, 2.24) is 10.2 Å². The molecule has 1 N–H and O–H groups in total. The van der Waals surface area contributed by atoms with Gasteiger partial charge in [-0.2, -0.15) is 0 Å². The van der Waals surface area contributed by atoms with Crippen LogP contribution in [0.5, 0.6) is 0 Å². The largest absolute Gasteiger partial charge is 0.377 e. The summed E-state index contributed by atoms with van der Waals surface area (Å²) in [6.45, 7) is 0.852. The number of aromatic nitrogens is 2. The van der Waals surface area contributed by atoms with Crippen LogP contribution in [0.2, 0.25) is 0 Å². The van der Waals surface area contributed by atoms with Crippen LogP contribution in [0.1, 0.15) is 23.2 Å². The molecule has 21 heavy (non-hydrogen) atoms. The molecule has 0 radical (unpaired) electrons. The molecule has 5 nitrogen and oxygen atoms in total. The van der Waals surface area contributed by atoms with Gasteiger partial charge in [0.05, 0.1) is 11.7 Å². The van der Waals surface area contributed by atoms with Crippen molar-refractivity contribution in [3.05, 3.63) is 35.3 Å². The molecule has 0 saturated carbocycles. The molecule has 0 unspecified atom stereocenters. The molecule has 2 heterocycles. The number of ether oxygens (including phenoxy) is 1. The number of hydrogen-bond acceptors (Lipinski definition) is 6. The van der Waals surface area contributed by atoms with E-state index in [9.17, 15) is 4.79 Å². The number of carbonyl (C=O) groups is 1. The van der Waals surface area contributed by atoms with E-state index >= 15 is 0 Å². The zero-order valence-electron chi connectivity index (χ0n) is 11.3. The summed E-state index contributed by atoms with van der Waals surface area (Å²) in [4.78, 5) is 13.3. The molecule has 1 aliphatic heterocycles. The van der Waals surface area contributed by atoms with Crippen LogP contribution in [-0.2, 0) is 4.74 Å². The molecule has 1 aromatic carbocycles. The van der Waals surface area contributed by atoms with Gasteiger partial charge in [-0.1, -0.05) is 23.5 Å². The number of thioether (sulfide) groups is 1. The molecule has 1 fully saturated rings. The Morgan fingerprint density at radius 1 is 1.48 bits per heavy atom. The fourth-order valence-corrected chi connectivity index (χ4v) is 3.69. The molecule has 2 aromatic rings. The first-order valence-corrected chi connectivity index (χ1v) is 8.60. The van der Waals surface area contributed by atoms with Crippen LogP contribution in [0.15, 0.2) is 34.7 Å². The van der Waals surface area contributed by atoms with Gasteiger partial charge < -0.3 is 4.74 Å². The molecule has 1 aromatic heterocycles. The Bertz CT molecular complexity index is 598. The summed E-state index contributed by atoms with van der Waals surface area (Å²) < 4.78 is 5.62. The number of hydrogen-bond donors (Lipinski definition) is 1. The van der Waals surface area contributed by atoms with E-state index < -0.39 is 0 Å². The maximum atomic E-state index is 12.3. The monoisotopic (exact) mass is 321 g/mol. The lowest BCUT2D eigenvalue weighted by atomic mass is 10.2. The third kappa shape index (κ3) is 3.81. The SMILES string of the molecule is O=C(Nc1nncs1)c1ccccc1SC[C@H]1CCCO1. The van der Waals surface area contributed by atoms with E-state index in [0.717, 1.165) is 30.1 Å². The van der Waals surface area contributed by atoms with Crippen molar-refractivity contribution in [2.45, 2.75) is 23.8 Å². The van der Waals surface area contributed by atoms with Gasteiger partial charge >= 0.3 is 0 Å². The smallest absolute Gasteiger partial charge is 0.258 e. The first-order chi connectivity index (χ1) is 10.3. The molecule has 0 spiro atoms. The number of anilines is 1. The zero-order valence-corrected chi connectivity index (χ0v) is 13.0. The van der Waals surface area contributed by atoms with E-state index in [1.807, 2.05) is 24.3 Å². The maximum Gasteiger partial charge on any atom is 0.258 e. The van der Waals surface area contributed by atoms with Gasteiger partial charge in [0, 0.05) is 17.3 Å². The number of rotatable bonds is 5. The lowest BCUT2D eigenvalue weighted by Gasteiger charge is -2.11. The minimum atomic E-state index is -0.151. The number of amides is 1. The minimum absolute atomic E-state index is 0.151. The van der Waals surface area contributed by atoms with Crippen molar-refractivity contribution in [2.24, 2.45) is 0 Å². The fraction of sp³-hybridized carbons (Fsp3) is 0.357. The third-order valence-electron chi connectivity index (χ3n) is 3.16. The van der Waals surface area contributed by atoms with Crippen LogP contribution in [0.3, 0.4) is 0 Å². The molecule has 3 rings (SSSR count). The van der Waals surface area contributed by atoms with Gasteiger partial charge in [0.2, 0.25) is 5.13 Å². The van der Waals surface area contributed by atoms with Gasteiger partial charge in [0.1, 0.15) is 5.51 Å². The summed E-state index contributed by atoms with van der Waals surface area (Å²) in [6, 6.07) is 7.60. The summed E-state index contributed by atoms with van der Waals surface area (Å²) in [5, 5.41) is 10.8. The van der Waals surface area contributed by atoms with Crippen molar-refractivity contribution in [3.63, 3.8) is 0 Å². The highest BCUT2D eigenvalue weighted by molar-refractivity contribution is 7.99. The number of nitrogens with zero attached hydrogens (tertiary/aromatic N) is 2. The predicted molar refractivity (Wildman–Crippen MR) is 84.0 cm³/mol. The van der Waals surface area contributed by atoms with E-state index in [-0.39, 0.29) is 5.91 Å². The van der Waals surface area contributed by atoms with Gasteiger partial charge in [-0.3, -0.25) is 10.1 Å². The summed E-state index contributed by atoms with van der Waals surface area (Å²) in [7, 11) is 0.